The second-order valence-corrected chi connectivity index (χ2v) is 5.25. The van der Waals surface area contributed by atoms with Crippen LogP contribution in [0.15, 0.2) is 18.2 Å². The Hall–Kier alpha value is -1.23. The van der Waals surface area contributed by atoms with Gasteiger partial charge in [0.25, 0.3) is 0 Å². The summed E-state index contributed by atoms with van der Waals surface area (Å²) in [6, 6.07) is 5.71. The fourth-order valence-corrected chi connectivity index (χ4v) is 3.20. The molecule has 0 radical (unpaired) electrons. The van der Waals surface area contributed by atoms with E-state index in [-0.39, 0.29) is 0 Å². The van der Waals surface area contributed by atoms with Gasteiger partial charge in [0.1, 0.15) is 5.82 Å². The summed E-state index contributed by atoms with van der Waals surface area (Å²) < 4.78 is 1.73. The summed E-state index contributed by atoms with van der Waals surface area (Å²) >= 11 is 1.99. The van der Waals surface area contributed by atoms with Crippen molar-refractivity contribution in [2.24, 2.45) is 0 Å². The summed E-state index contributed by atoms with van der Waals surface area (Å²) in [5.41, 5.74) is 6.71. The van der Waals surface area contributed by atoms with E-state index >= 15 is 0 Å². The fourth-order valence-electron chi connectivity index (χ4n) is 2.06. The molecule has 3 rings (SSSR count). The van der Waals surface area contributed by atoms with Crippen molar-refractivity contribution in [1.82, 2.24) is 14.6 Å². The Kier molecular flexibility index (Phi) is 2.47. The van der Waals surface area contributed by atoms with E-state index in [1.165, 1.54) is 18.6 Å². The maximum Gasteiger partial charge on any atom is 0.157 e. The van der Waals surface area contributed by atoms with E-state index in [9.17, 15) is 0 Å². The van der Waals surface area contributed by atoms with Crippen molar-refractivity contribution in [3.8, 4) is 0 Å². The second-order valence-electron chi connectivity index (χ2n) is 4.10. The molecule has 2 aromatic heterocycles. The molecule has 0 aliphatic carbocycles. The Morgan fingerprint density at radius 3 is 3.12 bits per heavy atom. The summed E-state index contributed by atoms with van der Waals surface area (Å²) in [6.07, 6.45) is 2.46. The largest absolute Gasteiger partial charge is 0.384 e. The van der Waals surface area contributed by atoms with Gasteiger partial charge < -0.3 is 5.73 Å². The first kappa shape index (κ1) is 9.96. The molecule has 1 atom stereocenters. The van der Waals surface area contributed by atoms with Gasteiger partial charge in [-0.3, -0.25) is 0 Å². The summed E-state index contributed by atoms with van der Waals surface area (Å²) in [5.74, 6) is 4.51. The highest BCUT2D eigenvalue weighted by Gasteiger charge is 2.20. The molecular weight excluding hydrogens is 220 g/mol. The lowest BCUT2D eigenvalue weighted by molar-refractivity contribution is 0.623. The lowest BCUT2D eigenvalue weighted by Crippen LogP contribution is -2.10. The smallest absolute Gasteiger partial charge is 0.157 e. The molecule has 0 saturated carbocycles. The summed E-state index contributed by atoms with van der Waals surface area (Å²) in [5, 5.41) is 4.50. The predicted molar refractivity (Wildman–Crippen MR) is 66.7 cm³/mol. The third-order valence-corrected chi connectivity index (χ3v) is 4.15. The van der Waals surface area contributed by atoms with E-state index in [2.05, 4.69) is 10.1 Å². The molecule has 1 aliphatic rings. The number of rotatable bonds is 1. The molecule has 2 aromatic rings. The van der Waals surface area contributed by atoms with Crippen LogP contribution in [0.25, 0.3) is 5.65 Å². The van der Waals surface area contributed by atoms with Crippen LogP contribution in [0.1, 0.15) is 24.6 Å². The van der Waals surface area contributed by atoms with Gasteiger partial charge in [-0.2, -0.15) is 16.3 Å². The van der Waals surface area contributed by atoms with Crippen LogP contribution in [-0.4, -0.2) is 26.1 Å². The van der Waals surface area contributed by atoms with Gasteiger partial charge in [-0.05, 0) is 30.7 Å². The first-order valence-corrected chi connectivity index (χ1v) is 6.69. The summed E-state index contributed by atoms with van der Waals surface area (Å²) in [4.78, 5) is 4.56. The van der Waals surface area contributed by atoms with Crippen LogP contribution in [0.4, 0.5) is 5.82 Å². The van der Waals surface area contributed by atoms with Crippen molar-refractivity contribution in [2.75, 3.05) is 17.2 Å². The number of nitrogens with two attached hydrogens (primary N) is 1. The molecule has 0 spiro atoms. The molecular formula is C11H14N4S. The van der Waals surface area contributed by atoms with E-state index in [0.717, 1.165) is 17.2 Å². The molecule has 0 amide bonds. The molecule has 0 aromatic carbocycles. The summed E-state index contributed by atoms with van der Waals surface area (Å²) in [6.45, 7) is 0. The minimum absolute atomic E-state index is 0.498. The van der Waals surface area contributed by atoms with Gasteiger partial charge in [0.15, 0.2) is 11.5 Å². The molecule has 4 nitrogen and oxygen atoms in total. The number of fused-ring (bicyclic) bond motifs is 1. The monoisotopic (exact) mass is 234 g/mol. The summed E-state index contributed by atoms with van der Waals surface area (Å²) in [7, 11) is 0. The molecule has 1 unspecified atom stereocenters. The van der Waals surface area contributed by atoms with Crippen molar-refractivity contribution >= 4 is 23.2 Å². The fraction of sp³-hybridized carbons (Fsp3) is 0.455. The van der Waals surface area contributed by atoms with Crippen LogP contribution in [0.5, 0.6) is 0 Å². The topological polar surface area (TPSA) is 56.2 Å². The Morgan fingerprint density at radius 2 is 2.38 bits per heavy atom. The van der Waals surface area contributed by atoms with Crippen LogP contribution in [0.3, 0.4) is 0 Å². The molecule has 2 N–H and O–H groups in total. The van der Waals surface area contributed by atoms with E-state index in [1.807, 2.05) is 30.0 Å². The van der Waals surface area contributed by atoms with Gasteiger partial charge in [0.2, 0.25) is 0 Å². The van der Waals surface area contributed by atoms with Crippen LogP contribution in [0.2, 0.25) is 0 Å². The van der Waals surface area contributed by atoms with Gasteiger partial charge in [-0.25, -0.2) is 4.98 Å². The third kappa shape index (κ3) is 1.65. The lowest BCUT2D eigenvalue weighted by atomic mass is 10.1. The van der Waals surface area contributed by atoms with Gasteiger partial charge in [0.05, 0.1) is 0 Å². The van der Waals surface area contributed by atoms with Crippen molar-refractivity contribution in [3.63, 3.8) is 0 Å². The SMILES string of the molecule is Nc1cccc2nc(C3CCCSC3)nn12. The van der Waals surface area contributed by atoms with Crippen LogP contribution in [0, 0.1) is 0 Å². The highest BCUT2D eigenvalue weighted by molar-refractivity contribution is 7.99. The van der Waals surface area contributed by atoms with Crippen molar-refractivity contribution in [3.05, 3.63) is 24.0 Å². The molecule has 1 saturated heterocycles. The first-order valence-electron chi connectivity index (χ1n) is 5.53. The van der Waals surface area contributed by atoms with Gasteiger partial charge in [-0.15, -0.1) is 5.10 Å². The number of hydrogen-bond donors (Lipinski definition) is 1. The average molecular weight is 234 g/mol. The minimum Gasteiger partial charge on any atom is -0.384 e. The van der Waals surface area contributed by atoms with E-state index < -0.39 is 0 Å². The molecule has 1 aliphatic heterocycles. The zero-order valence-corrected chi connectivity index (χ0v) is 9.78. The number of anilines is 1. The Balaban J connectivity index is 2.01. The molecule has 0 bridgehead atoms. The van der Waals surface area contributed by atoms with E-state index in [1.54, 1.807) is 4.52 Å². The second kappa shape index (κ2) is 3.97. The Bertz CT molecular complexity index is 502. The zero-order valence-electron chi connectivity index (χ0n) is 8.97. The van der Waals surface area contributed by atoms with Crippen molar-refractivity contribution < 1.29 is 0 Å². The van der Waals surface area contributed by atoms with E-state index in [4.69, 9.17) is 5.73 Å². The molecule has 5 heteroatoms. The standard InChI is InChI=1S/C11H14N4S/c12-9-4-1-5-10-13-11(14-15(9)10)8-3-2-6-16-7-8/h1,4-5,8H,2-3,6-7,12H2. The number of hydrogen-bond acceptors (Lipinski definition) is 4. The number of pyridine rings is 1. The van der Waals surface area contributed by atoms with Gasteiger partial charge in [0, 0.05) is 11.7 Å². The molecule has 3 heterocycles. The van der Waals surface area contributed by atoms with Gasteiger partial charge >= 0.3 is 0 Å². The normalized spacial score (nSPS) is 21.4. The molecule has 1 fully saturated rings. The number of thioether (sulfide) groups is 1. The van der Waals surface area contributed by atoms with Crippen molar-refractivity contribution in [2.45, 2.75) is 18.8 Å². The first-order chi connectivity index (χ1) is 7.84. The number of nitrogens with zero attached hydrogens (tertiary/aromatic N) is 3. The predicted octanol–water partition coefficient (Wildman–Crippen LogP) is 1.92. The minimum atomic E-state index is 0.498. The molecule has 84 valence electrons. The Morgan fingerprint density at radius 1 is 1.44 bits per heavy atom. The van der Waals surface area contributed by atoms with Crippen LogP contribution >= 0.6 is 11.8 Å². The van der Waals surface area contributed by atoms with Crippen molar-refractivity contribution in [1.29, 1.82) is 0 Å². The number of aromatic nitrogens is 3. The average Bonchev–Trinajstić information content (AvgIpc) is 2.76. The van der Waals surface area contributed by atoms with Gasteiger partial charge in [-0.1, -0.05) is 6.07 Å². The third-order valence-electron chi connectivity index (χ3n) is 2.93. The highest BCUT2D eigenvalue weighted by Crippen LogP contribution is 2.29. The molecule has 16 heavy (non-hydrogen) atoms. The number of nitrogen functional groups attached to an aromatic ring is 1. The Labute approximate surface area is 98.2 Å². The quantitative estimate of drug-likeness (QED) is 0.819. The maximum absolute atomic E-state index is 5.85. The van der Waals surface area contributed by atoms with E-state index in [0.29, 0.717) is 11.7 Å². The van der Waals surface area contributed by atoms with Crippen LogP contribution < -0.4 is 5.73 Å². The lowest BCUT2D eigenvalue weighted by Gasteiger charge is -2.17. The zero-order chi connectivity index (χ0) is 11.0. The highest BCUT2D eigenvalue weighted by atomic mass is 32.2. The van der Waals surface area contributed by atoms with Crippen LogP contribution in [-0.2, 0) is 0 Å². The maximum atomic E-state index is 5.85.